The predicted molar refractivity (Wildman–Crippen MR) is 99.3 cm³/mol. The number of anilines is 1. The van der Waals surface area contributed by atoms with Gasteiger partial charge in [0.05, 0.1) is 6.61 Å². The number of aryl methyl sites for hydroxylation is 1. The average molecular weight is 339 g/mol. The number of benzene rings is 2. The Hall–Kier alpha value is -2.53. The van der Waals surface area contributed by atoms with E-state index in [1.165, 1.54) is 11.3 Å². The number of hydroxylamine groups is 1. The fourth-order valence-electron chi connectivity index (χ4n) is 2.95. The van der Waals surface area contributed by atoms with E-state index in [1.807, 2.05) is 35.2 Å². The summed E-state index contributed by atoms with van der Waals surface area (Å²) >= 11 is 0. The van der Waals surface area contributed by atoms with Crippen molar-refractivity contribution in [1.29, 1.82) is 0 Å². The van der Waals surface area contributed by atoms with Crippen molar-refractivity contribution in [1.82, 2.24) is 10.4 Å². The molecule has 25 heavy (non-hydrogen) atoms. The van der Waals surface area contributed by atoms with Gasteiger partial charge in [0.1, 0.15) is 0 Å². The van der Waals surface area contributed by atoms with E-state index in [1.54, 1.807) is 0 Å². The number of carbonyl (C=O) groups is 1. The van der Waals surface area contributed by atoms with Gasteiger partial charge in [0.15, 0.2) is 0 Å². The van der Waals surface area contributed by atoms with Crippen molar-refractivity contribution < 1.29 is 9.63 Å². The Bertz CT molecular complexity index is 673. The predicted octanol–water partition coefficient (Wildman–Crippen LogP) is 3.35. The zero-order valence-electron chi connectivity index (χ0n) is 14.6. The molecule has 2 amide bonds. The van der Waals surface area contributed by atoms with Gasteiger partial charge >= 0.3 is 6.03 Å². The van der Waals surface area contributed by atoms with Gasteiger partial charge in [-0.25, -0.2) is 10.3 Å². The Morgan fingerprint density at radius 3 is 2.52 bits per heavy atom. The van der Waals surface area contributed by atoms with Crippen LogP contribution in [-0.2, 0) is 11.4 Å². The summed E-state index contributed by atoms with van der Waals surface area (Å²) < 4.78 is 0. The maximum Gasteiger partial charge on any atom is 0.341 e. The highest BCUT2D eigenvalue weighted by molar-refractivity contribution is 5.73. The Kier molecular flexibility index (Phi) is 5.90. The number of nitrogens with one attached hydrogen (secondary N) is 1. The van der Waals surface area contributed by atoms with E-state index in [0.29, 0.717) is 13.2 Å². The van der Waals surface area contributed by atoms with Crippen LogP contribution in [-0.4, -0.2) is 37.1 Å². The number of hydrogen-bond acceptors (Lipinski definition) is 3. The van der Waals surface area contributed by atoms with Gasteiger partial charge < -0.3 is 9.80 Å². The molecule has 1 heterocycles. The molecule has 1 aliphatic heterocycles. The van der Waals surface area contributed by atoms with Crippen LogP contribution in [0, 0.1) is 6.92 Å². The Balaban J connectivity index is 1.47. The summed E-state index contributed by atoms with van der Waals surface area (Å²) in [4.78, 5) is 21.8. The molecule has 0 spiro atoms. The first kappa shape index (κ1) is 17.3. The van der Waals surface area contributed by atoms with Crippen molar-refractivity contribution in [2.24, 2.45) is 0 Å². The average Bonchev–Trinajstić information content (AvgIpc) is 2.89. The highest BCUT2D eigenvalue weighted by Crippen LogP contribution is 2.17. The van der Waals surface area contributed by atoms with Gasteiger partial charge in [0, 0.05) is 31.9 Å². The van der Waals surface area contributed by atoms with Crippen LogP contribution in [0.4, 0.5) is 10.5 Å². The summed E-state index contributed by atoms with van der Waals surface area (Å²) in [7, 11) is 0. The minimum atomic E-state index is -0.165. The second-order valence-electron chi connectivity index (χ2n) is 6.34. The Morgan fingerprint density at radius 1 is 1.00 bits per heavy atom. The number of nitrogens with zero attached hydrogens (tertiary/aromatic N) is 2. The zero-order valence-corrected chi connectivity index (χ0v) is 14.6. The lowest BCUT2D eigenvalue weighted by molar-refractivity contribution is 0.0371. The molecule has 5 heteroatoms. The lowest BCUT2D eigenvalue weighted by Crippen LogP contribution is -2.42. The molecule has 1 N–H and O–H groups in total. The largest absolute Gasteiger partial charge is 0.370 e. The molecular formula is C20H25N3O2. The first-order chi connectivity index (χ1) is 12.2. The maximum atomic E-state index is 12.3. The smallest absolute Gasteiger partial charge is 0.341 e. The minimum absolute atomic E-state index is 0.165. The van der Waals surface area contributed by atoms with Gasteiger partial charge in [-0.3, -0.25) is 4.84 Å². The molecule has 0 atom stereocenters. The molecule has 5 nitrogen and oxygen atoms in total. The molecule has 1 aliphatic rings. The summed E-state index contributed by atoms with van der Waals surface area (Å²) in [6, 6.07) is 18.2. The summed E-state index contributed by atoms with van der Waals surface area (Å²) in [5.74, 6) is 0. The van der Waals surface area contributed by atoms with Crippen LogP contribution in [0.1, 0.15) is 17.5 Å². The van der Waals surface area contributed by atoms with Crippen LogP contribution >= 0.6 is 0 Å². The zero-order chi connectivity index (χ0) is 17.5. The molecule has 0 radical (unpaired) electrons. The molecule has 2 aromatic rings. The van der Waals surface area contributed by atoms with E-state index in [2.05, 4.69) is 41.6 Å². The van der Waals surface area contributed by atoms with Crippen molar-refractivity contribution in [3.8, 4) is 0 Å². The highest BCUT2D eigenvalue weighted by Gasteiger charge is 2.19. The quantitative estimate of drug-likeness (QED) is 0.869. The van der Waals surface area contributed by atoms with Crippen LogP contribution in [0.15, 0.2) is 54.6 Å². The van der Waals surface area contributed by atoms with Crippen LogP contribution in [0.3, 0.4) is 0 Å². The molecule has 1 saturated heterocycles. The van der Waals surface area contributed by atoms with Gasteiger partial charge in [-0.1, -0.05) is 48.0 Å². The number of amides is 2. The topological polar surface area (TPSA) is 44.8 Å². The third-order valence-corrected chi connectivity index (χ3v) is 4.42. The van der Waals surface area contributed by atoms with Gasteiger partial charge in [-0.2, -0.15) is 0 Å². The van der Waals surface area contributed by atoms with E-state index in [4.69, 9.17) is 4.84 Å². The van der Waals surface area contributed by atoms with E-state index in [0.717, 1.165) is 31.6 Å². The Labute approximate surface area is 149 Å². The first-order valence-electron chi connectivity index (χ1n) is 8.74. The molecule has 0 bridgehead atoms. The van der Waals surface area contributed by atoms with E-state index >= 15 is 0 Å². The molecule has 0 aromatic heterocycles. The van der Waals surface area contributed by atoms with Crippen molar-refractivity contribution in [3.63, 3.8) is 0 Å². The van der Waals surface area contributed by atoms with E-state index in [-0.39, 0.29) is 6.03 Å². The van der Waals surface area contributed by atoms with Crippen LogP contribution < -0.4 is 10.4 Å². The van der Waals surface area contributed by atoms with Crippen molar-refractivity contribution in [2.45, 2.75) is 20.0 Å². The standard InChI is InChI=1S/C20H25N3O2/c1-17-8-10-19(11-9-17)22-12-5-13-23(15-14-22)20(24)21-25-16-18-6-3-2-4-7-18/h2-4,6-11H,5,12-16H2,1H3,(H,21,24). The number of rotatable bonds is 4. The van der Waals surface area contributed by atoms with Gasteiger partial charge in [-0.05, 0) is 31.0 Å². The normalized spacial score (nSPS) is 14.9. The summed E-state index contributed by atoms with van der Waals surface area (Å²) in [5, 5.41) is 0. The van der Waals surface area contributed by atoms with Gasteiger partial charge in [0.25, 0.3) is 0 Å². The molecule has 3 rings (SSSR count). The van der Waals surface area contributed by atoms with Gasteiger partial charge in [-0.15, -0.1) is 0 Å². The first-order valence-corrected chi connectivity index (χ1v) is 8.74. The summed E-state index contributed by atoms with van der Waals surface area (Å²) in [6.07, 6.45) is 0.944. The van der Waals surface area contributed by atoms with E-state index in [9.17, 15) is 4.79 Å². The second kappa shape index (κ2) is 8.53. The minimum Gasteiger partial charge on any atom is -0.370 e. The number of carbonyl (C=O) groups excluding carboxylic acids is 1. The van der Waals surface area contributed by atoms with Crippen LogP contribution in [0.2, 0.25) is 0 Å². The fourth-order valence-corrected chi connectivity index (χ4v) is 2.95. The SMILES string of the molecule is Cc1ccc(N2CCCN(C(=O)NOCc3ccccc3)CC2)cc1. The van der Waals surface area contributed by atoms with E-state index < -0.39 is 0 Å². The van der Waals surface area contributed by atoms with Crippen LogP contribution in [0.25, 0.3) is 0 Å². The lowest BCUT2D eigenvalue weighted by Gasteiger charge is -2.24. The molecule has 0 aliphatic carbocycles. The third-order valence-electron chi connectivity index (χ3n) is 4.42. The van der Waals surface area contributed by atoms with Crippen LogP contribution in [0.5, 0.6) is 0 Å². The number of urea groups is 1. The van der Waals surface area contributed by atoms with Crippen molar-refractivity contribution in [2.75, 3.05) is 31.1 Å². The maximum absolute atomic E-state index is 12.3. The second-order valence-corrected chi connectivity index (χ2v) is 6.34. The third kappa shape index (κ3) is 4.97. The van der Waals surface area contributed by atoms with Crippen molar-refractivity contribution >= 4 is 11.7 Å². The molecular weight excluding hydrogens is 314 g/mol. The fraction of sp³-hybridized carbons (Fsp3) is 0.350. The molecule has 0 saturated carbocycles. The molecule has 0 unspecified atom stereocenters. The summed E-state index contributed by atoms with van der Waals surface area (Å²) in [6.45, 7) is 5.67. The molecule has 1 fully saturated rings. The summed E-state index contributed by atoms with van der Waals surface area (Å²) in [5.41, 5.74) is 6.07. The lowest BCUT2D eigenvalue weighted by atomic mass is 10.2. The number of hydrogen-bond donors (Lipinski definition) is 1. The van der Waals surface area contributed by atoms with Crippen molar-refractivity contribution in [3.05, 3.63) is 65.7 Å². The molecule has 2 aromatic carbocycles. The molecule has 132 valence electrons. The van der Waals surface area contributed by atoms with Gasteiger partial charge in [0.2, 0.25) is 0 Å². The monoisotopic (exact) mass is 339 g/mol. The highest BCUT2D eigenvalue weighted by atomic mass is 16.7. The Morgan fingerprint density at radius 2 is 1.76 bits per heavy atom.